The molecule has 1 aliphatic rings. The van der Waals surface area contributed by atoms with Crippen LogP contribution in [0.15, 0.2) is 24.0 Å². The summed E-state index contributed by atoms with van der Waals surface area (Å²) in [5, 5.41) is 2.53. The van der Waals surface area contributed by atoms with Crippen molar-refractivity contribution < 1.29 is 9.53 Å². The molecule has 4 heteroatoms. The molecule has 3 nitrogen and oxygen atoms in total. The van der Waals surface area contributed by atoms with Gasteiger partial charge >= 0.3 is 0 Å². The van der Waals surface area contributed by atoms with Gasteiger partial charge in [-0.1, -0.05) is 29.3 Å². The van der Waals surface area contributed by atoms with Gasteiger partial charge in [-0.3, -0.25) is 10.1 Å². The Bertz CT molecular complexity index is 485. The fourth-order valence-corrected chi connectivity index (χ4v) is 1.85. The molecule has 0 atom stereocenters. The lowest BCUT2D eigenvalue weighted by molar-refractivity contribution is -0.116. The molecule has 0 bridgehead atoms. The molecule has 1 aromatic carbocycles. The fraction of sp³-hybridized carbons (Fsp3) is 0.167. The summed E-state index contributed by atoms with van der Waals surface area (Å²) in [4.78, 5) is 11.4. The summed E-state index contributed by atoms with van der Waals surface area (Å²) < 4.78 is 5.09. The number of thiocarbonyl (C=S) groups is 1. The highest BCUT2D eigenvalue weighted by atomic mass is 32.1. The average molecular weight is 233 g/mol. The number of carbonyl (C=O) groups is 1. The van der Waals surface area contributed by atoms with Crippen LogP contribution in [-0.2, 0) is 9.53 Å². The Kier molecular flexibility index (Phi) is 2.75. The molecule has 1 aliphatic heterocycles. The van der Waals surface area contributed by atoms with Crippen LogP contribution in [0.1, 0.15) is 16.7 Å². The van der Waals surface area contributed by atoms with Gasteiger partial charge < -0.3 is 4.74 Å². The summed E-state index contributed by atoms with van der Waals surface area (Å²) in [7, 11) is 0. The minimum absolute atomic E-state index is 0.112. The molecular weight excluding hydrogens is 222 g/mol. The third kappa shape index (κ3) is 2.28. The molecule has 1 fully saturated rings. The molecule has 1 saturated heterocycles. The molecule has 2 rings (SSSR count). The van der Waals surface area contributed by atoms with Gasteiger partial charge in [0.1, 0.15) is 0 Å². The van der Waals surface area contributed by atoms with E-state index in [-0.39, 0.29) is 16.8 Å². The molecule has 1 N–H and O–H groups in total. The second kappa shape index (κ2) is 4.06. The molecule has 0 unspecified atom stereocenters. The topological polar surface area (TPSA) is 38.3 Å². The van der Waals surface area contributed by atoms with Crippen molar-refractivity contribution >= 4 is 29.4 Å². The van der Waals surface area contributed by atoms with E-state index in [9.17, 15) is 4.79 Å². The molecular formula is C12H11NO2S. The van der Waals surface area contributed by atoms with Crippen molar-refractivity contribution in [1.82, 2.24) is 5.32 Å². The first-order chi connectivity index (χ1) is 7.54. The summed E-state index contributed by atoms with van der Waals surface area (Å²) >= 11 is 4.75. The van der Waals surface area contributed by atoms with E-state index in [1.54, 1.807) is 6.08 Å². The van der Waals surface area contributed by atoms with Crippen LogP contribution >= 0.6 is 12.2 Å². The maximum atomic E-state index is 11.4. The first kappa shape index (κ1) is 10.8. The molecule has 0 spiro atoms. The van der Waals surface area contributed by atoms with Gasteiger partial charge in [-0.25, -0.2) is 0 Å². The predicted molar refractivity (Wildman–Crippen MR) is 65.7 cm³/mol. The number of carbonyl (C=O) groups excluding carboxylic acids is 1. The largest absolute Gasteiger partial charge is 0.426 e. The van der Waals surface area contributed by atoms with E-state index in [0.29, 0.717) is 0 Å². The normalized spacial score (nSPS) is 17.5. The highest BCUT2D eigenvalue weighted by molar-refractivity contribution is 7.80. The van der Waals surface area contributed by atoms with Crippen molar-refractivity contribution in [3.8, 4) is 0 Å². The molecule has 16 heavy (non-hydrogen) atoms. The molecule has 0 aromatic heterocycles. The van der Waals surface area contributed by atoms with Crippen LogP contribution in [-0.4, -0.2) is 11.1 Å². The maximum Gasteiger partial charge on any atom is 0.294 e. The number of benzene rings is 1. The minimum Gasteiger partial charge on any atom is -0.426 e. The summed E-state index contributed by atoms with van der Waals surface area (Å²) in [5.74, 6) is -0.0424. The van der Waals surface area contributed by atoms with E-state index >= 15 is 0 Å². The van der Waals surface area contributed by atoms with E-state index in [1.165, 1.54) is 0 Å². The molecule has 82 valence electrons. The first-order valence-electron chi connectivity index (χ1n) is 4.88. The summed E-state index contributed by atoms with van der Waals surface area (Å²) in [6, 6.07) is 6.04. The van der Waals surface area contributed by atoms with Crippen molar-refractivity contribution in [1.29, 1.82) is 0 Å². The van der Waals surface area contributed by atoms with Crippen molar-refractivity contribution in [2.75, 3.05) is 0 Å². The maximum absolute atomic E-state index is 11.4. The van der Waals surface area contributed by atoms with Crippen LogP contribution < -0.4 is 5.32 Å². The Balaban J connectivity index is 2.36. The zero-order valence-electron chi connectivity index (χ0n) is 9.03. The highest BCUT2D eigenvalue weighted by Gasteiger charge is 2.22. The molecule has 1 heterocycles. The van der Waals surface area contributed by atoms with Gasteiger partial charge in [-0.05, 0) is 37.7 Å². The van der Waals surface area contributed by atoms with Crippen molar-refractivity contribution in [2.24, 2.45) is 0 Å². The third-order valence-corrected chi connectivity index (χ3v) is 2.37. The number of ether oxygens (including phenoxy) is 1. The monoisotopic (exact) mass is 233 g/mol. The first-order valence-corrected chi connectivity index (χ1v) is 5.28. The molecule has 0 saturated carbocycles. The van der Waals surface area contributed by atoms with E-state index < -0.39 is 0 Å². The van der Waals surface area contributed by atoms with Crippen LogP contribution in [0.3, 0.4) is 0 Å². The number of amides is 1. The van der Waals surface area contributed by atoms with Gasteiger partial charge in [0.05, 0.1) is 0 Å². The number of aryl methyl sites for hydroxylation is 2. The van der Waals surface area contributed by atoms with Crippen LogP contribution in [0.2, 0.25) is 0 Å². The van der Waals surface area contributed by atoms with Gasteiger partial charge in [-0.15, -0.1) is 0 Å². The Hall–Kier alpha value is -1.68. The van der Waals surface area contributed by atoms with E-state index in [2.05, 4.69) is 11.4 Å². The predicted octanol–water partition coefficient (Wildman–Crippen LogP) is 2.08. The van der Waals surface area contributed by atoms with Crippen molar-refractivity contribution in [3.63, 3.8) is 0 Å². The van der Waals surface area contributed by atoms with Gasteiger partial charge in [0.25, 0.3) is 11.1 Å². The van der Waals surface area contributed by atoms with Gasteiger partial charge in [-0.2, -0.15) is 0 Å². The van der Waals surface area contributed by atoms with Crippen molar-refractivity contribution in [3.05, 3.63) is 40.6 Å². The Morgan fingerprint density at radius 2 is 1.88 bits per heavy atom. The lowest BCUT2D eigenvalue weighted by Gasteiger charge is -2.00. The van der Waals surface area contributed by atoms with Gasteiger partial charge in [0.2, 0.25) is 0 Å². The van der Waals surface area contributed by atoms with E-state index in [1.807, 2.05) is 26.0 Å². The van der Waals surface area contributed by atoms with Gasteiger partial charge in [0.15, 0.2) is 5.76 Å². The zero-order chi connectivity index (χ0) is 11.7. The number of hydrogen-bond acceptors (Lipinski definition) is 3. The minimum atomic E-state index is -0.288. The number of hydrogen-bond donors (Lipinski definition) is 1. The van der Waals surface area contributed by atoms with Crippen LogP contribution in [0.25, 0.3) is 6.08 Å². The highest BCUT2D eigenvalue weighted by Crippen LogP contribution is 2.15. The number of nitrogens with one attached hydrogen (secondary N) is 1. The molecule has 0 aliphatic carbocycles. The van der Waals surface area contributed by atoms with Crippen LogP contribution in [0.4, 0.5) is 0 Å². The zero-order valence-corrected chi connectivity index (χ0v) is 9.85. The standard InChI is InChI=1S/C12H11NO2S/c1-7-3-8(2)5-9(4-7)6-10-11(14)13-12(16)15-10/h3-6H,1-2H3,(H,13,14,16)/b10-6-. The summed E-state index contributed by atoms with van der Waals surface area (Å²) in [6.45, 7) is 4.02. The average Bonchev–Trinajstić information content (AvgIpc) is 2.43. The third-order valence-electron chi connectivity index (χ3n) is 2.18. The fourth-order valence-electron chi connectivity index (χ4n) is 1.67. The second-order valence-electron chi connectivity index (χ2n) is 3.77. The molecule has 1 amide bonds. The lowest BCUT2D eigenvalue weighted by atomic mass is 10.1. The smallest absolute Gasteiger partial charge is 0.294 e. The van der Waals surface area contributed by atoms with E-state index in [0.717, 1.165) is 16.7 Å². The second-order valence-corrected chi connectivity index (χ2v) is 4.14. The Labute approximate surface area is 99.1 Å². The number of rotatable bonds is 1. The SMILES string of the molecule is Cc1cc(C)cc(/C=C2\OC(=S)NC2=O)c1. The lowest BCUT2D eigenvalue weighted by Crippen LogP contribution is -2.18. The Morgan fingerprint density at radius 1 is 1.25 bits per heavy atom. The van der Waals surface area contributed by atoms with E-state index in [4.69, 9.17) is 17.0 Å². The Morgan fingerprint density at radius 3 is 2.38 bits per heavy atom. The molecule has 0 radical (unpaired) electrons. The van der Waals surface area contributed by atoms with Crippen molar-refractivity contribution in [2.45, 2.75) is 13.8 Å². The summed E-state index contributed by atoms with van der Waals surface area (Å²) in [6.07, 6.45) is 1.69. The molecule has 1 aromatic rings. The summed E-state index contributed by atoms with van der Waals surface area (Å²) in [5.41, 5.74) is 3.23. The van der Waals surface area contributed by atoms with Crippen LogP contribution in [0, 0.1) is 13.8 Å². The quantitative estimate of drug-likeness (QED) is 0.596. The van der Waals surface area contributed by atoms with Crippen LogP contribution in [0.5, 0.6) is 0 Å². The van der Waals surface area contributed by atoms with Gasteiger partial charge in [0, 0.05) is 0 Å².